The lowest BCUT2D eigenvalue weighted by Crippen LogP contribution is -1.77. The highest BCUT2D eigenvalue weighted by Crippen LogP contribution is 2.23. The van der Waals surface area contributed by atoms with E-state index in [-0.39, 0.29) is 0 Å². The van der Waals surface area contributed by atoms with E-state index in [1.807, 2.05) is 11.8 Å². The van der Waals surface area contributed by atoms with Gasteiger partial charge in [0.25, 0.3) is 0 Å². The lowest BCUT2D eigenvalue weighted by molar-refractivity contribution is 0.779. The first kappa shape index (κ1) is 10.1. The summed E-state index contributed by atoms with van der Waals surface area (Å²) in [6, 6.07) is 0. The van der Waals surface area contributed by atoms with Crippen molar-refractivity contribution in [3.63, 3.8) is 0 Å². The standard InChI is InChI=1S/C6H14ClPS/c1-2-3-4-5-9-6-8-7/h8H,2-6H2,1H3. The summed E-state index contributed by atoms with van der Waals surface area (Å²) >= 11 is 7.49. The highest BCUT2D eigenvalue weighted by Gasteiger charge is 1.86. The van der Waals surface area contributed by atoms with Crippen molar-refractivity contribution in [2.24, 2.45) is 0 Å². The molecular formula is C6H14ClPS. The molecule has 0 radical (unpaired) electrons. The number of thioether (sulfide) groups is 1. The largest absolute Gasteiger partial charge is 0.156 e. The van der Waals surface area contributed by atoms with Crippen molar-refractivity contribution in [3.05, 3.63) is 0 Å². The Hall–Kier alpha value is 1.07. The van der Waals surface area contributed by atoms with E-state index in [9.17, 15) is 0 Å². The summed E-state index contributed by atoms with van der Waals surface area (Å²) in [6.45, 7) is 2.23. The van der Waals surface area contributed by atoms with Gasteiger partial charge in [-0.2, -0.15) is 11.8 Å². The summed E-state index contributed by atoms with van der Waals surface area (Å²) in [5, 5.41) is 0. The topological polar surface area (TPSA) is 0 Å². The Labute approximate surface area is 68.7 Å². The Kier molecular flexibility index (Phi) is 10.1. The van der Waals surface area contributed by atoms with Gasteiger partial charge in [-0.05, 0) is 20.1 Å². The Morgan fingerprint density at radius 1 is 1.44 bits per heavy atom. The number of halogens is 1. The van der Waals surface area contributed by atoms with Crippen molar-refractivity contribution in [2.45, 2.75) is 26.2 Å². The van der Waals surface area contributed by atoms with Crippen molar-refractivity contribution in [1.82, 2.24) is 0 Å². The molecule has 0 aliphatic carbocycles. The fourth-order valence-electron chi connectivity index (χ4n) is 0.565. The SMILES string of the molecule is CCCCCSCPCl. The molecule has 56 valence electrons. The summed E-state index contributed by atoms with van der Waals surface area (Å²) < 4.78 is 0. The average Bonchev–Trinajstić information content (AvgIpc) is 1.89. The lowest BCUT2D eigenvalue weighted by Gasteiger charge is -1.95. The van der Waals surface area contributed by atoms with Crippen LogP contribution in [-0.4, -0.2) is 11.2 Å². The van der Waals surface area contributed by atoms with E-state index in [0.717, 1.165) is 5.49 Å². The molecule has 0 saturated carbocycles. The first-order valence-corrected chi connectivity index (χ1v) is 6.70. The van der Waals surface area contributed by atoms with Gasteiger partial charge in [0.2, 0.25) is 0 Å². The van der Waals surface area contributed by atoms with Crippen molar-refractivity contribution in [2.75, 3.05) is 11.2 Å². The maximum absolute atomic E-state index is 5.52. The summed E-state index contributed by atoms with van der Waals surface area (Å²) in [5.41, 5.74) is 1.14. The van der Waals surface area contributed by atoms with Crippen LogP contribution in [0.3, 0.4) is 0 Å². The highest BCUT2D eigenvalue weighted by atomic mass is 35.7. The van der Waals surface area contributed by atoms with E-state index in [4.69, 9.17) is 11.2 Å². The molecule has 9 heavy (non-hydrogen) atoms. The zero-order chi connectivity index (χ0) is 6.95. The van der Waals surface area contributed by atoms with Gasteiger partial charge in [-0.25, -0.2) is 0 Å². The van der Waals surface area contributed by atoms with Crippen molar-refractivity contribution < 1.29 is 0 Å². The third-order valence-corrected chi connectivity index (χ3v) is 3.86. The first-order chi connectivity index (χ1) is 4.41. The predicted molar refractivity (Wildman–Crippen MR) is 51.0 cm³/mol. The molecule has 0 spiro atoms. The van der Waals surface area contributed by atoms with Crippen LogP contribution in [0.5, 0.6) is 0 Å². The quantitative estimate of drug-likeness (QED) is 0.448. The predicted octanol–water partition coefficient (Wildman–Crippen LogP) is 3.70. The molecule has 0 saturated heterocycles. The maximum atomic E-state index is 5.52. The highest BCUT2D eigenvalue weighted by molar-refractivity contribution is 8.05. The minimum Gasteiger partial charge on any atom is -0.156 e. The molecule has 1 unspecified atom stereocenters. The Morgan fingerprint density at radius 3 is 2.78 bits per heavy atom. The van der Waals surface area contributed by atoms with E-state index in [2.05, 4.69) is 6.92 Å². The van der Waals surface area contributed by atoms with Crippen LogP contribution in [0.4, 0.5) is 0 Å². The molecule has 3 heteroatoms. The van der Waals surface area contributed by atoms with Crippen LogP contribution in [0.2, 0.25) is 0 Å². The van der Waals surface area contributed by atoms with E-state index in [0.29, 0.717) is 7.93 Å². The van der Waals surface area contributed by atoms with Crippen molar-refractivity contribution >= 4 is 30.9 Å². The van der Waals surface area contributed by atoms with Crippen LogP contribution in [0.15, 0.2) is 0 Å². The second-order valence-electron chi connectivity index (χ2n) is 1.89. The number of unbranched alkanes of at least 4 members (excludes halogenated alkanes) is 2. The van der Waals surface area contributed by atoms with Crippen molar-refractivity contribution in [1.29, 1.82) is 0 Å². The van der Waals surface area contributed by atoms with Gasteiger partial charge in [0.15, 0.2) is 0 Å². The van der Waals surface area contributed by atoms with Gasteiger partial charge in [-0.3, -0.25) is 0 Å². The Balaban J connectivity index is 2.60. The molecule has 0 aromatic heterocycles. The third-order valence-electron chi connectivity index (χ3n) is 1.05. The monoisotopic (exact) mass is 184 g/mol. The van der Waals surface area contributed by atoms with E-state index in [1.165, 1.54) is 25.0 Å². The molecule has 0 rings (SSSR count). The number of hydrogen-bond acceptors (Lipinski definition) is 1. The van der Waals surface area contributed by atoms with Crippen LogP contribution >= 0.6 is 30.9 Å². The molecule has 0 N–H and O–H groups in total. The van der Waals surface area contributed by atoms with Gasteiger partial charge >= 0.3 is 0 Å². The smallest absolute Gasteiger partial charge is 0.0247 e. The molecule has 1 atom stereocenters. The zero-order valence-electron chi connectivity index (χ0n) is 5.82. The van der Waals surface area contributed by atoms with Gasteiger partial charge in [-0.15, -0.1) is 0 Å². The van der Waals surface area contributed by atoms with Crippen molar-refractivity contribution in [3.8, 4) is 0 Å². The molecule has 0 aliphatic heterocycles. The third kappa shape index (κ3) is 9.07. The van der Waals surface area contributed by atoms with Gasteiger partial charge in [0.05, 0.1) is 0 Å². The lowest BCUT2D eigenvalue weighted by atomic mass is 10.3. The first-order valence-electron chi connectivity index (χ1n) is 3.33. The summed E-state index contributed by atoms with van der Waals surface area (Å²) in [4.78, 5) is 0. The Morgan fingerprint density at radius 2 is 2.22 bits per heavy atom. The second-order valence-corrected chi connectivity index (χ2v) is 4.93. The minimum absolute atomic E-state index is 0.605. The number of hydrogen-bond donors (Lipinski definition) is 0. The van der Waals surface area contributed by atoms with Crippen LogP contribution < -0.4 is 0 Å². The fourth-order valence-corrected chi connectivity index (χ4v) is 2.55. The van der Waals surface area contributed by atoms with E-state index >= 15 is 0 Å². The molecular weight excluding hydrogens is 171 g/mol. The van der Waals surface area contributed by atoms with Crippen LogP contribution in [0.25, 0.3) is 0 Å². The van der Waals surface area contributed by atoms with Crippen LogP contribution in [0.1, 0.15) is 26.2 Å². The summed E-state index contributed by atoms with van der Waals surface area (Å²) in [5.74, 6) is 1.30. The molecule has 0 fully saturated rings. The zero-order valence-corrected chi connectivity index (χ0v) is 8.39. The minimum atomic E-state index is 0.605. The fraction of sp³-hybridized carbons (Fsp3) is 1.00. The van der Waals surface area contributed by atoms with E-state index < -0.39 is 0 Å². The Bertz CT molecular complexity index is 46.3. The van der Waals surface area contributed by atoms with Crippen LogP contribution in [0, 0.1) is 0 Å². The molecule has 0 aromatic rings. The van der Waals surface area contributed by atoms with Gasteiger partial charge in [0.1, 0.15) is 0 Å². The maximum Gasteiger partial charge on any atom is 0.0247 e. The molecule has 0 aromatic carbocycles. The molecule has 0 nitrogen and oxygen atoms in total. The molecule has 0 bridgehead atoms. The van der Waals surface area contributed by atoms with E-state index in [1.54, 1.807) is 0 Å². The average molecular weight is 185 g/mol. The molecule has 0 aliphatic rings. The molecule has 0 heterocycles. The summed E-state index contributed by atoms with van der Waals surface area (Å²) in [7, 11) is 0.605. The normalized spacial score (nSPS) is 11.3. The van der Waals surface area contributed by atoms with Gasteiger partial charge in [-0.1, -0.05) is 31.0 Å². The molecule has 0 amide bonds. The summed E-state index contributed by atoms with van der Waals surface area (Å²) in [6.07, 6.45) is 4.06. The van der Waals surface area contributed by atoms with Crippen LogP contribution in [-0.2, 0) is 0 Å². The van der Waals surface area contributed by atoms with Gasteiger partial charge < -0.3 is 0 Å². The second kappa shape index (κ2) is 9.07. The number of rotatable bonds is 6. The van der Waals surface area contributed by atoms with Gasteiger partial charge in [0, 0.05) is 5.49 Å².